The molecule has 1 N–H and O–H groups in total. The van der Waals surface area contributed by atoms with Crippen LogP contribution in [0.5, 0.6) is 0 Å². The normalized spacial score (nSPS) is 20.5. The molecular weight excluding hydrogens is 280 g/mol. The molecule has 1 fully saturated rings. The maximum absolute atomic E-state index is 12.2. The van der Waals surface area contributed by atoms with Crippen LogP contribution >= 0.6 is 0 Å². The van der Waals surface area contributed by atoms with Gasteiger partial charge in [-0.25, -0.2) is 4.79 Å². The summed E-state index contributed by atoms with van der Waals surface area (Å²) in [6.45, 7) is 12.6. The van der Waals surface area contributed by atoms with Crippen molar-refractivity contribution in [2.75, 3.05) is 26.8 Å². The van der Waals surface area contributed by atoms with Crippen LogP contribution in [-0.4, -0.2) is 55.5 Å². The van der Waals surface area contributed by atoms with Crippen LogP contribution in [0, 0.1) is 5.92 Å². The Morgan fingerprint density at radius 3 is 2.59 bits per heavy atom. The van der Waals surface area contributed by atoms with E-state index < -0.39 is 5.60 Å². The molecule has 0 bridgehead atoms. The van der Waals surface area contributed by atoms with Crippen LogP contribution in [0.25, 0.3) is 0 Å². The van der Waals surface area contributed by atoms with Gasteiger partial charge in [0.1, 0.15) is 5.60 Å². The largest absolute Gasteiger partial charge is 0.444 e. The monoisotopic (exact) mass is 314 g/mol. The zero-order valence-corrected chi connectivity index (χ0v) is 15.1. The summed E-state index contributed by atoms with van der Waals surface area (Å²) in [5.74, 6) is 0.533. The molecular formula is C17H34N2O3. The highest BCUT2D eigenvalue weighted by molar-refractivity contribution is 5.68. The molecule has 22 heavy (non-hydrogen) atoms. The minimum absolute atomic E-state index is 0.174. The van der Waals surface area contributed by atoms with Crippen LogP contribution in [0.2, 0.25) is 0 Å². The van der Waals surface area contributed by atoms with Crippen molar-refractivity contribution in [3.05, 3.63) is 0 Å². The average molecular weight is 314 g/mol. The fraction of sp³-hybridized carbons (Fsp3) is 0.941. The Kier molecular flexibility index (Phi) is 7.63. The summed E-state index contributed by atoms with van der Waals surface area (Å²) in [5.41, 5.74) is -0.427. The molecule has 1 aliphatic heterocycles. The van der Waals surface area contributed by atoms with E-state index in [0.717, 1.165) is 39.0 Å². The molecule has 0 aromatic heterocycles. The molecule has 1 heterocycles. The Morgan fingerprint density at radius 2 is 2.05 bits per heavy atom. The van der Waals surface area contributed by atoms with E-state index >= 15 is 0 Å². The zero-order chi connectivity index (χ0) is 16.8. The molecule has 0 aromatic carbocycles. The first-order valence-corrected chi connectivity index (χ1v) is 8.46. The molecule has 0 aliphatic carbocycles. The molecule has 0 saturated carbocycles. The molecule has 2 unspecified atom stereocenters. The minimum atomic E-state index is -0.427. The topological polar surface area (TPSA) is 50.8 Å². The van der Waals surface area contributed by atoms with Crippen molar-refractivity contribution in [2.45, 2.75) is 71.6 Å². The number of methoxy groups -OCH3 is 1. The summed E-state index contributed by atoms with van der Waals surface area (Å²) >= 11 is 0. The number of ether oxygens (including phenoxy) is 2. The van der Waals surface area contributed by atoms with Gasteiger partial charge in [0.15, 0.2) is 0 Å². The third-order valence-electron chi connectivity index (χ3n) is 4.04. The van der Waals surface area contributed by atoms with E-state index in [0.29, 0.717) is 12.0 Å². The van der Waals surface area contributed by atoms with Gasteiger partial charge in [0.05, 0.1) is 6.61 Å². The second kappa shape index (κ2) is 8.73. The third kappa shape index (κ3) is 6.53. The molecule has 2 atom stereocenters. The molecule has 1 amide bonds. The predicted molar refractivity (Wildman–Crippen MR) is 89.1 cm³/mol. The first-order chi connectivity index (χ1) is 10.2. The van der Waals surface area contributed by atoms with Crippen LogP contribution < -0.4 is 5.32 Å². The van der Waals surface area contributed by atoms with E-state index in [2.05, 4.69) is 19.2 Å². The summed E-state index contributed by atoms with van der Waals surface area (Å²) in [6.07, 6.45) is 2.92. The molecule has 1 saturated heterocycles. The van der Waals surface area contributed by atoms with Crippen molar-refractivity contribution in [3.63, 3.8) is 0 Å². The lowest BCUT2D eigenvalue weighted by Gasteiger charge is -2.29. The number of carbonyl (C=O) groups excluding carboxylic acids is 1. The van der Waals surface area contributed by atoms with E-state index in [1.807, 2.05) is 25.7 Å². The van der Waals surface area contributed by atoms with Gasteiger partial charge in [0.2, 0.25) is 0 Å². The molecule has 5 heteroatoms. The van der Waals surface area contributed by atoms with E-state index in [4.69, 9.17) is 9.47 Å². The van der Waals surface area contributed by atoms with Crippen molar-refractivity contribution in [3.8, 4) is 0 Å². The van der Waals surface area contributed by atoms with Gasteiger partial charge in [0.25, 0.3) is 0 Å². The Balaban J connectivity index is 2.42. The summed E-state index contributed by atoms with van der Waals surface area (Å²) in [7, 11) is 1.73. The molecule has 5 nitrogen and oxygen atoms in total. The molecule has 130 valence electrons. The van der Waals surface area contributed by atoms with Crippen molar-refractivity contribution < 1.29 is 14.3 Å². The minimum Gasteiger partial charge on any atom is -0.444 e. The van der Waals surface area contributed by atoms with Gasteiger partial charge in [-0.2, -0.15) is 0 Å². The quantitative estimate of drug-likeness (QED) is 0.785. The second-order valence-electron chi connectivity index (χ2n) is 7.52. The van der Waals surface area contributed by atoms with Gasteiger partial charge in [-0.15, -0.1) is 0 Å². The van der Waals surface area contributed by atoms with E-state index in [-0.39, 0.29) is 12.1 Å². The highest BCUT2D eigenvalue weighted by Gasteiger charge is 2.31. The fourth-order valence-corrected chi connectivity index (χ4v) is 2.80. The number of rotatable bonds is 7. The second-order valence-corrected chi connectivity index (χ2v) is 7.52. The Labute approximate surface area is 135 Å². The third-order valence-corrected chi connectivity index (χ3v) is 4.04. The smallest absolute Gasteiger partial charge is 0.410 e. The fourth-order valence-electron chi connectivity index (χ4n) is 2.80. The Hall–Kier alpha value is -0.810. The van der Waals surface area contributed by atoms with Crippen LogP contribution in [0.1, 0.15) is 53.9 Å². The van der Waals surface area contributed by atoms with Crippen LogP contribution in [0.4, 0.5) is 4.79 Å². The van der Waals surface area contributed by atoms with Crippen molar-refractivity contribution in [1.82, 2.24) is 10.2 Å². The Bertz CT molecular complexity index is 339. The first kappa shape index (κ1) is 19.2. The number of hydrogen-bond acceptors (Lipinski definition) is 4. The lowest BCUT2D eigenvalue weighted by Crippen LogP contribution is -2.43. The molecule has 1 aliphatic rings. The number of nitrogens with one attached hydrogen (secondary N) is 1. The van der Waals surface area contributed by atoms with Crippen LogP contribution in [0.15, 0.2) is 0 Å². The number of hydrogen-bond donors (Lipinski definition) is 1. The molecule has 0 aromatic rings. The van der Waals surface area contributed by atoms with Gasteiger partial charge in [-0.1, -0.05) is 13.8 Å². The SMILES string of the molecule is COCC(NCCC1CCCN1C(=O)OC(C)(C)C)C(C)C. The lowest BCUT2D eigenvalue weighted by molar-refractivity contribution is 0.0219. The summed E-state index contributed by atoms with van der Waals surface area (Å²) < 4.78 is 10.8. The van der Waals surface area contributed by atoms with E-state index in [9.17, 15) is 4.79 Å². The van der Waals surface area contributed by atoms with Crippen LogP contribution in [0.3, 0.4) is 0 Å². The molecule has 1 rings (SSSR count). The summed E-state index contributed by atoms with van der Waals surface area (Å²) in [6, 6.07) is 0.652. The molecule has 0 radical (unpaired) electrons. The number of likely N-dealkylation sites (tertiary alicyclic amines) is 1. The van der Waals surface area contributed by atoms with E-state index in [1.54, 1.807) is 7.11 Å². The highest BCUT2D eigenvalue weighted by atomic mass is 16.6. The number of carbonyl (C=O) groups is 1. The standard InChI is InChI=1S/C17H34N2O3/c1-13(2)15(12-21-6)18-10-9-14-8-7-11-19(14)16(20)22-17(3,4)5/h13-15,18H,7-12H2,1-6H3. The lowest BCUT2D eigenvalue weighted by atomic mass is 10.0. The van der Waals surface area contributed by atoms with Gasteiger partial charge in [0, 0.05) is 25.7 Å². The predicted octanol–water partition coefficient (Wildman–Crippen LogP) is 3.04. The van der Waals surface area contributed by atoms with Crippen LogP contribution in [-0.2, 0) is 9.47 Å². The van der Waals surface area contributed by atoms with Gasteiger partial charge < -0.3 is 19.7 Å². The maximum Gasteiger partial charge on any atom is 0.410 e. The molecule has 0 spiro atoms. The Morgan fingerprint density at radius 1 is 1.36 bits per heavy atom. The van der Waals surface area contributed by atoms with E-state index in [1.165, 1.54) is 0 Å². The van der Waals surface area contributed by atoms with Gasteiger partial charge >= 0.3 is 6.09 Å². The van der Waals surface area contributed by atoms with Crippen molar-refractivity contribution >= 4 is 6.09 Å². The number of nitrogens with zero attached hydrogens (tertiary/aromatic N) is 1. The first-order valence-electron chi connectivity index (χ1n) is 8.46. The van der Waals surface area contributed by atoms with Crippen molar-refractivity contribution in [1.29, 1.82) is 0 Å². The highest BCUT2D eigenvalue weighted by Crippen LogP contribution is 2.22. The van der Waals surface area contributed by atoms with Gasteiger partial charge in [-0.05, 0) is 52.5 Å². The summed E-state index contributed by atoms with van der Waals surface area (Å²) in [4.78, 5) is 14.1. The zero-order valence-electron chi connectivity index (χ0n) is 15.1. The summed E-state index contributed by atoms with van der Waals surface area (Å²) in [5, 5.41) is 3.55. The maximum atomic E-state index is 12.2. The van der Waals surface area contributed by atoms with Gasteiger partial charge in [-0.3, -0.25) is 0 Å². The average Bonchev–Trinajstić information content (AvgIpc) is 2.84. The van der Waals surface area contributed by atoms with Crippen molar-refractivity contribution in [2.24, 2.45) is 5.92 Å². The number of amides is 1.